The molecule has 0 spiro atoms. The predicted molar refractivity (Wildman–Crippen MR) is 353 cm³/mol. The Morgan fingerprint density at radius 3 is 1.29 bits per heavy atom. The first kappa shape index (κ1) is 69.7. The average molecular weight is 1520 g/mol. The van der Waals surface area contributed by atoms with Crippen molar-refractivity contribution in [3.8, 4) is 58.1 Å². The fraction of sp³-hybridized carbons (Fsp3) is 0.413. The first-order chi connectivity index (χ1) is 45.5. The van der Waals surface area contributed by atoms with Crippen molar-refractivity contribution in [3.63, 3.8) is 0 Å². The summed E-state index contributed by atoms with van der Waals surface area (Å²) in [4.78, 5) is 35.2. The molecule has 2 saturated heterocycles. The molecule has 14 rings (SSSR count). The van der Waals surface area contributed by atoms with Crippen molar-refractivity contribution >= 4 is 24.1 Å². The molecule has 6 aromatic rings. The van der Waals surface area contributed by atoms with E-state index in [9.17, 15) is 30.3 Å². The van der Waals surface area contributed by atoms with Gasteiger partial charge in [0.15, 0.2) is 36.6 Å². The minimum absolute atomic E-state index is 0. The molecule has 0 aliphatic carbocycles. The van der Waals surface area contributed by atoms with Crippen LogP contribution in [-0.4, -0.2) is 147 Å². The van der Waals surface area contributed by atoms with Crippen LogP contribution < -0.4 is 28.4 Å². The number of piperazine rings is 2. The number of nitrogens with zero attached hydrogens (tertiary/aromatic N) is 6. The summed E-state index contributed by atoms with van der Waals surface area (Å²) in [6.07, 6.45) is 8.41. The molecule has 2 unspecified atom stereocenters. The zero-order chi connectivity index (χ0) is 66.0. The SMILES string of the molecule is C.COCOc1c(C)c(C)cc2c1[C@@H]1C3Cc4c(O)c(C)c5c(c4[C@H](COC(=O)/C=C/c4ccccc4)N3[C@@H](C#N)[C@H](C2)N1C)OCO5.COCOc1c(C)c(C)cc2c1[C@@H]1C3Cc4c(O)c(C)c5c(c4[C@H](COC(=O)/C=C/c4ccccc4)N3[C@@H](C#N)[C@H](C2)N1C)OCO5.[Ac]. The molecule has 2 fully saturated rings. The van der Waals surface area contributed by atoms with Gasteiger partial charge in [-0.25, -0.2) is 9.59 Å². The molecule has 96 heavy (non-hydrogen) atoms. The summed E-state index contributed by atoms with van der Waals surface area (Å²) >= 11 is 0. The maximum atomic E-state index is 13.1. The molecule has 8 aliphatic heterocycles. The maximum Gasteiger partial charge on any atom is 0.330 e. The van der Waals surface area contributed by atoms with Crippen LogP contribution in [0.4, 0.5) is 0 Å². The zero-order valence-corrected chi connectivity index (χ0v) is 59.9. The third-order valence-corrected chi connectivity index (χ3v) is 20.7. The molecule has 0 amide bonds. The second kappa shape index (κ2) is 28.8. The number of nitriles is 2. The van der Waals surface area contributed by atoms with Gasteiger partial charge in [0, 0.05) is 139 Å². The number of rotatable bonds is 14. The van der Waals surface area contributed by atoms with Crippen LogP contribution >= 0.6 is 0 Å². The first-order valence-electron chi connectivity index (χ1n) is 31.8. The Labute approximate surface area is 596 Å². The van der Waals surface area contributed by atoms with Crippen molar-refractivity contribution < 1.29 is 111 Å². The second-order valence-corrected chi connectivity index (χ2v) is 25.5. The molecular weight excluding hydrogens is 1440 g/mol. The van der Waals surface area contributed by atoms with Crippen LogP contribution in [0.5, 0.6) is 46.0 Å². The molecular formula is C75H82AcN6O14. The minimum Gasteiger partial charge on any atom is -0.507 e. The fourth-order valence-corrected chi connectivity index (χ4v) is 16.2. The van der Waals surface area contributed by atoms with E-state index in [-0.39, 0.29) is 140 Å². The number of carbonyl (C=O) groups excluding carboxylic acids is 2. The molecule has 20 nitrogen and oxygen atoms in total. The van der Waals surface area contributed by atoms with E-state index in [1.807, 2.05) is 74.5 Å². The van der Waals surface area contributed by atoms with Gasteiger partial charge in [-0.05, 0) is 138 Å². The maximum absolute atomic E-state index is 13.1. The molecule has 2 N–H and O–H groups in total. The van der Waals surface area contributed by atoms with Crippen molar-refractivity contribution in [2.75, 3.05) is 68.7 Å². The van der Waals surface area contributed by atoms with E-state index in [1.54, 1.807) is 26.4 Å². The van der Waals surface area contributed by atoms with Crippen LogP contribution in [0.3, 0.4) is 0 Å². The Hall–Kier alpha value is -7.68. The molecule has 0 saturated carbocycles. The zero-order valence-electron chi connectivity index (χ0n) is 55.1. The number of esters is 2. The van der Waals surface area contributed by atoms with E-state index in [1.165, 1.54) is 12.2 Å². The molecule has 1 radical (unpaired) electrons. The summed E-state index contributed by atoms with van der Waals surface area (Å²) in [5, 5.41) is 45.0. The summed E-state index contributed by atoms with van der Waals surface area (Å²) < 4.78 is 58.9. The monoisotopic (exact) mass is 1520 g/mol. The van der Waals surface area contributed by atoms with Gasteiger partial charge in [-0.2, -0.15) is 10.5 Å². The van der Waals surface area contributed by atoms with Crippen molar-refractivity contribution in [2.45, 2.75) is 135 Å². The number of carbonyl (C=O) groups is 2. The van der Waals surface area contributed by atoms with Crippen molar-refractivity contribution in [3.05, 3.63) is 174 Å². The van der Waals surface area contributed by atoms with E-state index >= 15 is 0 Å². The number of hydrogen-bond donors (Lipinski definition) is 2. The number of likely N-dealkylation sites (N-methyl/N-ethyl adjacent to an activating group) is 2. The van der Waals surface area contributed by atoms with Crippen LogP contribution in [0.15, 0.2) is 84.9 Å². The number of aryl methyl sites for hydroxylation is 2. The second-order valence-electron chi connectivity index (χ2n) is 25.5. The number of ether oxygens (including phenoxy) is 10. The van der Waals surface area contributed by atoms with E-state index in [4.69, 9.17) is 47.4 Å². The summed E-state index contributed by atoms with van der Waals surface area (Å²) in [7, 11) is 7.35. The Kier molecular flexibility index (Phi) is 20.9. The molecule has 499 valence electrons. The quantitative estimate of drug-likeness (QED) is 0.0587. The van der Waals surface area contributed by atoms with E-state index < -0.39 is 36.1 Å². The number of aromatic hydroxyl groups is 2. The predicted octanol–water partition coefficient (Wildman–Crippen LogP) is 10.7. The molecule has 6 aromatic carbocycles. The van der Waals surface area contributed by atoms with Gasteiger partial charge in [-0.3, -0.25) is 19.6 Å². The Balaban J connectivity index is 0.000000191. The summed E-state index contributed by atoms with van der Waals surface area (Å²) in [6.45, 7) is 12.1. The van der Waals surface area contributed by atoms with Gasteiger partial charge in [0.2, 0.25) is 13.6 Å². The number of benzene rings is 6. The van der Waals surface area contributed by atoms with Gasteiger partial charge >= 0.3 is 11.9 Å². The Morgan fingerprint density at radius 1 is 0.552 bits per heavy atom. The topological polar surface area (TPSA) is 227 Å². The third kappa shape index (κ3) is 12.1. The van der Waals surface area contributed by atoms with Crippen LogP contribution in [0.1, 0.15) is 121 Å². The number of fused-ring (bicyclic) bond motifs is 18. The van der Waals surface area contributed by atoms with Gasteiger partial charge in [0.05, 0.1) is 36.3 Å². The van der Waals surface area contributed by atoms with Gasteiger partial charge in [0.25, 0.3) is 0 Å². The van der Waals surface area contributed by atoms with Gasteiger partial charge in [0.1, 0.15) is 48.3 Å². The average Bonchev–Trinajstić information content (AvgIpc) is 1.70. The number of hydrogen-bond acceptors (Lipinski definition) is 20. The molecule has 10 atom stereocenters. The molecule has 8 heterocycles. The van der Waals surface area contributed by atoms with E-state index in [0.717, 1.165) is 67.1 Å². The van der Waals surface area contributed by atoms with Crippen LogP contribution in [0.25, 0.3) is 12.2 Å². The minimum atomic E-state index is -0.584. The Bertz CT molecular complexity index is 3870. The standard InChI is InChI=1S/2C37H39N3O7.CH4.Ac/c2*1-20-13-24-14-26-28(16-38)40-27(33(39(26)4)31(24)35(21(20)2)45-18-43-5)15-25-32(37-36(46-19-47-37)22(3)34(25)42)29(40)17-44-30(41)12-11-23-9-7-6-8-10-23;;/h2*6-13,26-29,33,42H,14-15,17-19H2,1-5H3;1H4;/b2*12-11+;;/t2*26-,27?,28-,29-,33-;;/m00../s1. The van der Waals surface area contributed by atoms with Crippen LogP contribution in [0, 0.1) is 108 Å². The van der Waals surface area contributed by atoms with Crippen LogP contribution in [0.2, 0.25) is 0 Å². The smallest absolute Gasteiger partial charge is 0.330 e. The number of phenolic OH excluding ortho intramolecular Hbond substituents is 2. The van der Waals surface area contributed by atoms with Gasteiger partial charge in [-0.1, -0.05) is 80.2 Å². The number of methoxy groups -OCH3 is 2. The third-order valence-electron chi connectivity index (χ3n) is 20.7. The van der Waals surface area contributed by atoms with Gasteiger partial charge < -0.3 is 57.6 Å². The fourth-order valence-electron chi connectivity index (χ4n) is 16.2. The molecule has 21 heteroatoms. The summed E-state index contributed by atoms with van der Waals surface area (Å²) in [6, 6.07) is 25.3. The Morgan fingerprint density at radius 2 is 0.927 bits per heavy atom. The first-order valence-corrected chi connectivity index (χ1v) is 31.8. The summed E-state index contributed by atoms with van der Waals surface area (Å²) in [5.74, 6) is 2.87. The molecule has 0 aromatic heterocycles. The van der Waals surface area contributed by atoms with E-state index in [2.05, 4.69) is 85.7 Å². The molecule has 8 aliphatic rings. The number of phenols is 2. The van der Waals surface area contributed by atoms with Crippen molar-refractivity contribution in [2.24, 2.45) is 0 Å². The van der Waals surface area contributed by atoms with Crippen LogP contribution in [-0.2, 0) is 54.2 Å². The summed E-state index contributed by atoms with van der Waals surface area (Å²) in [5.41, 5.74) is 14.5. The van der Waals surface area contributed by atoms with E-state index in [0.29, 0.717) is 82.1 Å². The van der Waals surface area contributed by atoms with Gasteiger partial charge in [-0.15, -0.1) is 0 Å². The van der Waals surface area contributed by atoms with Crippen molar-refractivity contribution in [1.82, 2.24) is 19.6 Å². The normalized spacial score (nSPS) is 23.8. The largest absolute Gasteiger partial charge is 0.507 e. The van der Waals surface area contributed by atoms with Crippen molar-refractivity contribution in [1.29, 1.82) is 10.5 Å². The molecule has 4 bridgehead atoms.